The maximum atomic E-state index is 12.5. The molecular formula is C8H8F2N4. The Balaban J connectivity index is 3.31. The van der Waals surface area contributed by atoms with Gasteiger partial charge in [0.25, 0.3) is 6.43 Å². The van der Waals surface area contributed by atoms with Crippen LogP contribution in [0.5, 0.6) is 0 Å². The molecule has 0 spiro atoms. The minimum Gasteiger partial charge on any atom is -0.395 e. The van der Waals surface area contributed by atoms with Crippen molar-refractivity contribution in [2.24, 2.45) is 0 Å². The molecule has 0 saturated carbocycles. The third-order valence-corrected chi connectivity index (χ3v) is 1.76. The Morgan fingerprint density at radius 1 is 1.50 bits per heavy atom. The molecule has 1 aromatic heterocycles. The minimum atomic E-state index is -2.75. The van der Waals surface area contributed by atoms with E-state index in [1.54, 1.807) is 6.07 Å². The number of alkyl halides is 2. The number of pyridine rings is 1. The molecule has 6 heteroatoms. The zero-order valence-corrected chi connectivity index (χ0v) is 7.17. The van der Waals surface area contributed by atoms with Crippen molar-refractivity contribution in [1.29, 1.82) is 5.26 Å². The first-order valence-corrected chi connectivity index (χ1v) is 3.75. The average molecular weight is 198 g/mol. The van der Waals surface area contributed by atoms with Gasteiger partial charge in [-0.05, 0) is 5.56 Å². The normalized spacial score (nSPS) is 10.1. The molecule has 1 heterocycles. The highest BCUT2D eigenvalue weighted by Gasteiger charge is 2.18. The quantitative estimate of drug-likeness (QED) is 0.748. The molecule has 4 N–H and O–H groups in total. The lowest BCUT2D eigenvalue weighted by Gasteiger charge is -2.10. The van der Waals surface area contributed by atoms with Gasteiger partial charge >= 0.3 is 0 Å². The van der Waals surface area contributed by atoms with Gasteiger partial charge in [0.05, 0.1) is 23.7 Å². The average Bonchev–Trinajstić information content (AvgIpc) is 2.11. The SMILES string of the molecule is N#CCc1cnc(N)c(N)c1C(F)F. The van der Waals surface area contributed by atoms with Crippen LogP contribution in [-0.2, 0) is 6.42 Å². The van der Waals surface area contributed by atoms with Crippen molar-refractivity contribution in [2.75, 3.05) is 11.5 Å². The van der Waals surface area contributed by atoms with Gasteiger partial charge in [-0.25, -0.2) is 13.8 Å². The Hall–Kier alpha value is -1.90. The van der Waals surface area contributed by atoms with Gasteiger partial charge in [0.15, 0.2) is 0 Å². The lowest BCUT2D eigenvalue weighted by atomic mass is 10.1. The summed E-state index contributed by atoms with van der Waals surface area (Å²) in [6, 6.07) is 1.76. The van der Waals surface area contributed by atoms with Crippen LogP contribution in [0.1, 0.15) is 17.6 Å². The monoisotopic (exact) mass is 198 g/mol. The molecule has 1 rings (SSSR count). The first-order chi connectivity index (χ1) is 6.57. The van der Waals surface area contributed by atoms with Gasteiger partial charge in [0, 0.05) is 6.20 Å². The summed E-state index contributed by atoms with van der Waals surface area (Å²) in [6.07, 6.45) is -1.75. The number of nitrogens with zero attached hydrogens (tertiary/aromatic N) is 2. The maximum Gasteiger partial charge on any atom is 0.266 e. The molecule has 0 radical (unpaired) electrons. The van der Waals surface area contributed by atoms with Crippen LogP contribution in [0.15, 0.2) is 6.20 Å². The zero-order chi connectivity index (χ0) is 10.7. The summed E-state index contributed by atoms with van der Waals surface area (Å²) in [6.45, 7) is 0. The summed E-state index contributed by atoms with van der Waals surface area (Å²) in [5.74, 6) is -0.137. The molecule has 14 heavy (non-hydrogen) atoms. The van der Waals surface area contributed by atoms with Crippen molar-refractivity contribution in [2.45, 2.75) is 12.8 Å². The minimum absolute atomic E-state index is 0.120. The van der Waals surface area contributed by atoms with Crippen LogP contribution < -0.4 is 11.5 Å². The largest absolute Gasteiger partial charge is 0.395 e. The van der Waals surface area contributed by atoms with Crippen molar-refractivity contribution in [3.05, 3.63) is 17.3 Å². The molecule has 0 aliphatic carbocycles. The predicted octanol–water partition coefficient (Wildman–Crippen LogP) is 1.25. The Bertz CT molecular complexity index is 384. The Kier molecular flexibility index (Phi) is 2.82. The number of halogens is 2. The zero-order valence-electron chi connectivity index (χ0n) is 7.17. The number of aromatic nitrogens is 1. The number of rotatable bonds is 2. The third kappa shape index (κ3) is 1.71. The van der Waals surface area contributed by atoms with Crippen LogP contribution in [0.2, 0.25) is 0 Å². The molecule has 4 nitrogen and oxygen atoms in total. The molecule has 0 aromatic carbocycles. The standard InChI is InChI=1S/C8H8F2N4/c9-7(10)5-4(1-2-11)3-14-8(13)6(5)12/h3,7H,1,12H2,(H2,13,14). The number of hydrogen-bond donors (Lipinski definition) is 2. The second-order valence-corrected chi connectivity index (χ2v) is 2.63. The van der Waals surface area contributed by atoms with Gasteiger partial charge in [-0.1, -0.05) is 0 Å². The van der Waals surface area contributed by atoms with E-state index in [-0.39, 0.29) is 29.1 Å². The highest BCUT2D eigenvalue weighted by Crippen LogP contribution is 2.31. The molecule has 1 aromatic rings. The van der Waals surface area contributed by atoms with E-state index in [4.69, 9.17) is 16.7 Å². The molecule has 74 valence electrons. The van der Waals surface area contributed by atoms with Crippen LogP contribution in [-0.4, -0.2) is 4.98 Å². The summed E-state index contributed by atoms with van der Waals surface area (Å²) >= 11 is 0. The molecular weight excluding hydrogens is 190 g/mol. The summed E-state index contributed by atoms with van der Waals surface area (Å²) in [5.41, 5.74) is 10.1. The number of hydrogen-bond acceptors (Lipinski definition) is 4. The summed E-state index contributed by atoms with van der Waals surface area (Å²) in [4.78, 5) is 3.61. The number of nitrogen functional groups attached to an aromatic ring is 2. The van der Waals surface area contributed by atoms with Crippen molar-refractivity contribution in [1.82, 2.24) is 4.98 Å². The number of nitriles is 1. The topological polar surface area (TPSA) is 88.7 Å². The van der Waals surface area contributed by atoms with Gasteiger partial charge in [-0.3, -0.25) is 0 Å². The highest BCUT2D eigenvalue weighted by molar-refractivity contribution is 5.65. The van der Waals surface area contributed by atoms with Crippen LogP contribution >= 0.6 is 0 Å². The molecule has 0 aliphatic rings. The van der Waals surface area contributed by atoms with Crippen molar-refractivity contribution in [3.8, 4) is 6.07 Å². The highest BCUT2D eigenvalue weighted by atomic mass is 19.3. The van der Waals surface area contributed by atoms with Gasteiger partial charge in [0.1, 0.15) is 5.82 Å². The van der Waals surface area contributed by atoms with Crippen molar-refractivity contribution in [3.63, 3.8) is 0 Å². The second kappa shape index (κ2) is 3.87. The van der Waals surface area contributed by atoms with E-state index in [0.29, 0.717) is 0 Å². The lowest BCUT2D eigenvalue weighted by Crippen LogP contribution is -2.06. The molecule has 0 atom stereocenters. The number of anilines is 2. The molecule has 0 fully saturated rings. The van der Waals surface area contributed by atoms with Crippen LogP contribution in [0.3, 0.4) is 0 Å². The molecule has 0 saturated heterocycles. The maximum absolute atomic E-state index is 12.5. The number of nitrogens with two attached hydrogens (primary N) is 2. The summed E-state index contributed by atoms with van der Waals surface area (Å²) in [5, 5.41) is 8.39. The van der Waals surface area contributed by atoms with Crippen molar-refractivity contribution < 1.29 is 8.78 Å². The molecule has 0 amide bonds. The van der Waals surface area contributed by atoms with Crippen LogP contribution in [0.4, 0.5) is 20.3 Å². The first-order valence-electron chi connectivity index (χ1n) is 3.75. The van der Waals surface area contributed by atoms with E-state index < -0.39 is 6.43 Å². The van der Waals surface area contributed by atoms with Gasteiger partial charge in [-0.15, -0.1) is 0 Å². The third-order valence-electron chi connectivity index (χ3n) is 1.76. The lowest BCUT2D eigenvalue weighted by molar-refractivity contribution is 0.151. The van der Waals surface area contributed by atoms with E-state index in [1.165, 1.54) is 0 Å². The molecule has 0 bridgehead atoms. The summed E-state index contributed by atoms with van der Waals surface area (Å²) < 4.78 is 25.0. The van der Waals surface area contributed by atoms with Gasteiger partial charge in [0.2, 0.25) is 0 Å². The summed E-state index contributed by atoms with van der Waals surface area (Å²) in [7, 11) is 0. The fraction of sp³-hybridized carbons (Fsp3) is 0.250. The first kappa shape index (κ1) is 10.2. The molecule has 0 unspecified atom stereocenters. The Morgan fingerprint density at radius 2 is 2.14 bits per heavy atom. The fourth-order valence-electron chi connectivity index (χ4n) is 1.08. The van der Waals surface area contributed by atoms with Crippen LogP contribution in [0.25, 0.3) is 0 Å². The van der Waals surface area contributed by atoms with E-state index in [1.807, 2.05) is 0 Å². The Morgan fingerprint density at radius 3 is 2.64 bits per heavy atom. The molecule has 0 aliphatic heterocycles. The van der Waals surface area contributed by atoms with Gasteiger partial charge < -0.3 is 11.5 Å². The van der Waals surface area contributed by atoms with E-state index in [2.05, 4.69) is 4.98 Å². The van der Waals surface area contributed by atoms with E-state index >= 15 is 0 Å². The van der Waals surface area contributed by atoms with Gasteiger partial charge in [-0.2, -0.15) is 5.26 Å². The second-order valence-electron chi connectivity index (χ2n) is 2.63. The van der Waals surface area contributed by atoms with Crippen LogP contribution in [0, 0.1) is 11.3 Å². The van der Waals surface area contributed by atoms with E-state index in [0.717, 1.165) is 6.20 Å². The van der Waals surface area contributed by atoms with Crippen molar-refractivity contribution >= 4 is 11.5 Å². The Labute approximate surface area is 79.1 Å². The fourth-order valence-corrected chi connectivity index (χ4v) is 1.08. The predicted molar refractivity (Wildman–Crippen MR) is 47.3 cm³/mol. The smallest absolute Gasteiger partial charge is 0.266 e. The van der Waals surface area contributed by atoms with E-state index in [9.17, 15) is 8.78 Å².